The van der Waals surface area contributed by atoms with E-state index < -0.39 is 0 Å². The summed E-state index contributed by atoms with van der Waals surface area (Å²) in [5.74, 6) is 1.14. The Hall–Kier alpha value is -2.82. The fourth-order valence-corrected chi connectivity index (χ4v) is 2.47. The van der Waals surface area contributed by atoms with Gasteiger partial charge in [-0.3, -0.25) is 4.79 Å². The van der Waals surface area contributed by atoms with Gasteiger partial charge in [0.15, 0.2) is 0 Å². The standard InChI is InChI=1S/C18H19N3O2/c22-14-9-7-13(8-10-14)12-18(23)19-11-3-6-17-20-15-4-1-2-5-16(15)21-17/h1-2,4-5,7-10,22H,3,6,11-12H2,(H,19,23)(H,20,21). The van der Waals surface area contributed by atoms with Crippen LogP contribution < -0.4 is 5.32 Å². The minimum atomic E-state index is -0.0136. The van der Waals surface area contributed by atoms with E-state index in [-0.39, 0.29) is 11.7 Å². The predicted octanol–water partition coefficient (Wildman–Crippen LogP) is 2.56. The minimum absolute atomic E-state index is 0.0136. The molecule has 118 valence electrons. The fraction of sp³-hybridized carbons (Fsp3) is 0.222. The predicted molar refractivity (Wildman–Crippen MR) is 89.2 cm³/mol. The molecule has 3 rings (SSSR count). The van der Waals surface area contributed by atoms with E-state index in [1.807, 2.05) is 24.3 Å². The van der Waals surface area contributed by atoms with Gasteiger partial charge in [0.25, 0.3) is 0 Å². The van der Waals surface area contributed by atoms with Crippen LogP contribution in [0.3, 0.4) is 0 Å². The van der Waals surface area contributed by atoms with Crippen molar-refractivity contribution in [1.82, 2.24) is 15.3 Å². The minimum Gasteiger partial charge on any atom is -0.508 e. The molecule has 0 aliphatic rings. The van der Waals surface area contributed by atoms with Crippen LogP contribution in [0.1, 0.15) is 17.8 Å². The molecule has 0 spiro atoms. The molecule has 1 amide bonds. The molecule has 0 bridgehead atoms. The van der Waals surface area contributed by atoms with E-state index in [0.717, 1.165) is 35.3 Å². The zero-order chi connectivity index (χ0) is 16.1. The summed E-state index contributed by atoms with van der Waals surface area (Å²) in [5, 5.41) is 12.1. The number of aromatic hydroxyl groups is 1. The van der Waals surface area contributed by atoms with Gasteiger partial charge in [0.1, 0.15) is 11.6 Å². The molecule has 0 saturated carbocycles. The van der Waals surface area contributed by atoms with Crippen molar-refractivity contribution in [3.8, 4) is 5.75 Å². The molecule has 1 heterocycles. The first kappa shape index (κ1) is 15.1. The van der Waals surface area contributed by atoms with E-state index in [1.165, 1.54) is 0 Å². The highest BCUT2D eigenvalue weighted by atomic mass is 16.3. The molecular weight excluding hydrogens is 290 g/mol. The summed E-state index contributed by atoms with van der Waals surface area (Å²) >= 11 is 0. The first-order valence-electron chi connectivity index (χ1n) is 7.69. The molecule has 3 aromatic rings. The third kappa shape index (κ3) is 4.10. The van der Waals surface area contributed by atoms with Crippen LogP contribution in [0, 0.1) is 0 Å². The first-order chi connectivity index (χ1) is 11.2. The largest absolute Gasteiger partial charge is 0.508 e. The maximum Gasteiger partial charge on any atom is 0.224 e. The number of para-hydroxylation sites is 2. The third-order valence-electron chi connectivity index (χ3n) is 3.65. The Morgan fingerprint density at radius 1 is 1.13 bits per heavy atom. The van der Waals surface area contributed by atoms with Crippen molar-refractivity contribution in [2.24, 2.45) is 0 Å². The number of aromatic nitrogens is 2. The number of nitrogens with zero attached hydrogens (tertiary/aromatic N) is 1. The normalized spacial score (nSPS) is 10.8. The van der Waals surface area contributed by atoms with Crippen LogP contribution in [-0.2, 0) is 17.6 Å². The number of rotatable bonds is 6. The van der Waals surface area contributed by atoms with Crippen LogP contribution in [0.15, 0.2) is 48.5 Å². The van der Waals surface area contributed by atoms with Crippen molar-refractivity contribution in [2.45, 2.75) is 19.3 Å². The molecule has 23 heavy (non-hydrogen) atoms. The lowest BCUT2D eigenvalue weighted by Crippen LogP contribution is -2.26. The van der Waals surface area contributed by atoms with E-state index >= 15 is 0 Å². The summed E-state index contributed by atoms with van der Waals surface area (Å²) in [5.41, 5.74) is 2.90. The maximum atomic E-state index is 11.9. The van der Waals surface area contributed by atoms with Gasteiger partial charge >= 0.3 is 0 Å². The van der Waals surface area contributed by atoms with Crippen LogP contribution >= 0.6 is 0 Å². The Bertz CT molecular complexity index is 760. The number of aromatic amines is 1. The Balaban J connectivity index is 1.42. The maximum absolute atomic E-state index is 11.9. The number of aryl methyl sites for hydroxylation is 1. The van der Waals surface area contributed by atoms with E-state index in [2.05, 4.69) is 15.3 Å². The molecule has 1 aromatic heterocycles. The van der Waals surface area contributed by atoms with Crippen molar-refractivity contribution >= 4 is 16.9 Å². The number of fused-ring (bicyclic) bond motifs is 1. The molecular formula is C18H19N3O2. The third-order valence-corrected chi connectivity index (χ3v) is 3.65. The van der Waals surface area contributed by atoms with Gasteiger partial charge in [-0.05, 0) is 36.2 Å². The Kier molecular flexibility index (Phi) is 4.57. The van der Waals surface area contributed by atoms with Crippen molar-refractivity contribution in [3.63, 3.8) is 0 Å². The van der Waals surface area contributed by atoms with Gasteiger partial charge in [0, 0.05) is 13.0 Å². The molecule has 0 radical (unpaired) electrons. The Labute approximate surface area is 134 Å². The van der Waals surface area contributed by atoms with Crippen molar-refractivity contribution in [3.05, 3.63) is 59.9 Å². The van der Waals surface area contributed by atoms with Crippen LogP contribution in [-0.4, -0.2) is 27.5 Å². The second-order valence-electron chi connectivity index (χ2n) is 5.50. The van der Waals surface area contributed by atoms with Gasteiger partial charge in [-0.2, -0.15) is 0 Å². The van der Waals surface area contributed by atoms with Crippen LogP contribution in [0.4, 0.5) is 0 Å². The zero-order valence-electron chi connectivity index (χ0n) is 12.7. The van der Waals surface area contributed by atoms with Gasteiger partial charge in [-0.25, -0.2) is 4.98 Å². The number of benzene rings is 2. The van der Waals surface area contributed by atoms with Crippen LogP contribution in [0.2, 0.25) is 0 Å². The highest BCUT2D eigenvalue weighted by molar-refractivity contribution is 5.78. The number of imidazole rings is 1. The number of H-pyrrole nitrogens is 1. The average molecular weight is 309 g/mol. The van der Waals surface area contributed by atoms with Crippen LogP contribution in [0.25, 0.3) is 11.0 Å². The highest BCUT2D eigenvalue weighted by Crippen LogP contribution is 2.11. The van der Waals surface area contributed by atoms with Crippen molar-refractivity contribution in [1.29, 1.82) is 0 Å². The second-order valence-corrected chi connectivity index (χ2v) is 5.50. The fourth-order valence-electron chi connectivity index (χ4n) is 2.47. The lowest BCUT2D eigenvalue weighted by atomic mass is 10.1. The summed E-state index contributed by atoms with van der Waals surface area (Å²) in [7, 11) is 0. The highest BCUT2D eigenvalue weighted by Gasteiger charge is 2.04. The number of carbonyl (C=O) groups is 1. The second kappa shape index (κ2) is 6.96. The SMILES string of the molecule is O=C(Cc1ccc(O)cc1)NCCCc1nc2ccccc2[nH]1. The monoisotopic (exact) mass is 309 g/mol. The number of phenolic OH excluding ortho intramolecular Hbond substituents is 1. The summed E-state index contributed by atoms with van der Waals surface area (Å²) in [4.78, 5) is 19.6. The molecule has 0 saturated heterocycles. The lowest BCUT2D eigenvalue weighted by molar-refractivity contribution is -0.120. The van der Waals surface area contributed by atoms with Gasteiger partial charge in [-0.15, -0.1) is 0 Å². The summed E-state index contributed by atoms with van der Waals surface area (Å²) in [6.45, 7) is 0.619. The number of hydrogen-bond acceptors (Lipinski definition) is 3. The number of phenols is 1. The van der Waals surface area contributed by atoms with E-state index in [9.17, 15) is 9.90 Å². The molecule has 0 aliphatic heterocycles. The molecule has 5 heteroatoms. The lowest BCUT2D eigenvalue weighted by Gasteiger charge is -2.05. The molecule has 0 atom stereocenters. The van der Waals surface area contributed by atoms with E-state index in [1.54, 1.807) is 24.3 Å². The van der Waals surface area contributed by atoms with Gasteiger partial charge in [-0.1, -0.05) is 24.3 Å². The molecule has 0 unspecified atom stereocenters. The molecule has 3 N–H and O–H groups in total. The molecule has 2 aromatic carbocycles. The Morgan fingerprint density at radius 2 is 1.91 bits per heavy atom. The Morgan fingerprint density at radius 3 is 2.70 bits per heavy atom. The van der Waals surface area contributed by atoms with Crippen molar-refractivity contribution < 1.29 is 9.90 Å². The smallest absolute Gasteiger partial charge is 0.224 e. The first-order valence-corrected chi connectivity index (χ1v) is 7.69. The van der Waals surface area contributed by atoms with E-state index in [0.29, 0.717) is 13.0 Å². The van der Waals surface area contributed by atoms with Crippen molar-refractivity contribution in [2.75, 3.05) is 6.54 Å². The molecule has 5 nitrogen and oxygen atoms in total. The summed E-state index contributed by atoms with van der Waals surface area (Å²) in [6.07, 6.45) is 1.96. The number of carbonyl (C=O) groups excluding carboxylic acids is 1. The number of amides is 1. The number of nitrogens with one attached hydrogen (secondary N) is 2. The van der Waals surface area contributed by atoms with Gasteiger partial charge in [0.2, 0.25) is 5.91 Å². The average Bonchev–Trinajstić information content (AvgIpc) is 2.96. The topological polar surface area (TPSA) is 78.0 Å². The summed E-state index contributed by atoms with van der Waals surface area (Å²) in [6, 6.07) is 14.6. The molecule has 0 aliphatic carbocycles. The van der Waals surface area contributed by atoms with Gasteiger partial charge < -0.3 is 15.4 Å². The van der Waals surface area contributed by atoms with E-state index in [4.69, 9.17) is 0 Å². The zero-order valence-corrected chi connectivity index (χ0v) is 12.7. The van der Waals surface area contributed by atoms with Crippen LogP contribution in [0.5, 0.6) is 5.75 Å². The number of hydrogen-bond donors (Lipinski definition) is 3. The molecule has 0 fully saturated rings. The van der Waals surface area contributed by atoms with Gasteiger partial charge in [0.05, 0.1) is 17.5 Å². The summed E-state index contributed by atoms with van der Waals surface area (Å²) < 4.78 is 0. The quantitative estimate of drug-likeness (QED) is 0.612.